The van der Waals surface area contributed by atoms with Crippen molar-refractivity contribution in [2.24, 2.45) is 5.92 Å². The van der Waals surface area contributed by atoms with Gasteiger partial charge in [-0.15, -0.1) is 0 Å². The molecule has 206 valence electrons. The van der Waals surface area contributed by atoms with Crippen LogP contribution in [0.2, 0.25) is 0 Å². The number of hydroxylamine groups is 2. The van der Waals surface area contributed by atoms with E-state index in [1.807, 2.05) is 44.2 Å². The van der Waals surface area contributed by atoms with Gasteiger partial charge in [0.25, 0.3) is 0 Å². The molecule has 0 saturated carbocycles. The third-order valence-corrected chi connectivity index (χ3v) is 7.19. The minimum Gasteiger partial charge on any atom is -0.480 e. The Morgan fingerprint density at radius 3 is 2.46 bits per heavy atom. The lowest BCUT2D eigenvalue weighted by Gasteiger charge is -2.33. The number of benzene rings is 1. The quantitative estimate of drug-likeness (QED) is 0.223. The lowest BCUT2D eigenvalue weighted by atomic mass is 10.0. The number of carbonyl (C=O) groups excluding carboxylic acids is 3. The van der Waals surface area contributed by atoms with Crippen LogP contribution in [-0.4, -0.2) is 72.6 Å². The van der Waals surface area contributed by atoms with Crippen LogP contribution < -0.4 is 10.6 Å². The molecule has 37 heavy (non-hydrogen) atoms. The molecule has 1 unspecified atom stereocenters. The molecule has 12 heteroatoms. The highest BCUT2D eigenvalue weighted by Gasteiger charge is 2.35. The average molecular weight is 540 g/mol. The molecule has 4 atom stereocenters. The Morgan fingerprint density at radius 1 is 1.24 bits per heavy atom. The molecule has 2 rings (SSSR count). The lowest BCUT2D eigenvalue weighted by molar-refractivity contribution is -0.233. The van der Waals surface area contributed by atoms with Gasteiger partial charge in [-0.05, 0) is 37.2 Å². The van der Waals surface area contributed by atoms with Gasteiger partial charge in [-0.25, -0.2) is 23.1 Å². The van der Waals surface area contributed by atoms with E-state index in [4.69, 9.17) is 4.84 Å². The van der Waals surface area contributed by atoms with E-state index in [2.05, 4.69) is 10.6 Å². The summed E-state index contributed by atoms with van der Waals surface area (Å²) in [5, 5.41) is 15.9. The number of carboxylic acid groups (broad SMARTS) is 1. The van der Waals surface area contributed by atoms with Gasteiger partial charge in [0.15, 0.2) is 12.3 Å². The predicted octanol–water partition coefficient (Wildman–Crippen LogP) is 1.42. The summed E-state index contributed by atoms with van der Waals surface area (Å²) in [6.07, 6.45) is 1.28. The summed E-state index contributed by atoms with van der Waals surface area (Å²) in [5.41, 5.74) is 0.861. The molecule has 1 aliphatic rings. The van der Waals surface area contributed by atoms with Crippen LogP contribution in [0.15, 0.2) is 30.3 Å². The van der Waals surface area contributed by atoms with Crippen LogP contribution in [0.5, 0.6) is 0 Å². The van der Waals surface area contributed by atoms with Crippen molar-refractivity contribution in [3.8, 4) is 0 Å². The van der Waals surface area contributed by atoms with Crippen LogP contribution in [0.4, 0.5) is 0 Å². The third-order valence-electron chi connectivity index (χ3n) is 6.22. The Labute approximate surface area is 217 Å². The normalized spacial score (nSPS) is 17.9. The number of sulfone groups is 1. The zero-order valence-corrected chi connectivity index (χ0v) is 22.3. The molecule has 3 amide bonds. The third kappa shape index (κ3) is 10.5. The summed E-state index contributed by atoms with van der Waals surface area (Å²) in [5.74, 6) is -3.24. The maximum Gasteiger partial charge on any atom is 0.329 e. The van der Waals surface area contributed by atoms with Gasteiger partial charge in [0.05, 0.1) is 5.75 Å². The smallest absolute Gasteiger partial charge is 0.329 e. The predicted molar refractivity (Wildman–Crippen MR) is 136 cm³/mol. The number of amides is 3. The zero-order chi connectivity index (χ0) is 27.6. The lowest BCUT2D eigenvalue weighted by Crippen LogP contribution is -2.53. The summed E-state index contributed by atoms with van der Waals surface area (Å²) < 4.78 is 23.5. The van der Waals surface area contributed by atoms with Gasteiger partial charge in [0.2, 0.25) is 17.7 Å². The Bertz CT molecular complexity index is 1050. The van der Waals surface area contributed by atoms with E-state index < -0.39 is 51.7 Å². The monoisotopic (exact) mass is 539 g/mol. The molecular weight excluding hydrogens is 502 g/mol. The van der Waals surface area contributed by atoms with E-state index in [1.165, 1.54) is 0 Å². The second-order valence-corrected chi connectivity index (χ2v) is 11.7. The molecule has 0 radical (unpaired) electrons. The molecule has 3 N–H and O–H groups in total. The fourth-order valence-electron chi connectivity index (χ4n) is 3.85. The average Bonchev–Trinajstić information content (AvgIpc) is 3.27. The van der Waals surface area contributed by atoms with E-state index in [9.17, 15) is 32.7 Å². The molecular formula is C25H37N3O8S. The van der Waals surface area contributed by atoms with Crippen molar-refractivity contribution in [2.75, 3.05) is 12.0 Å². The summed E-state index contributed by atoms with van der Waals surface area (Å²) in [6.45, 7) is 3.86. The van der Waals surface area contributed by atoms with Crippen molar-refractivity contribution in [3.63, 3.8) is 0 Å². The number of carboxylic acids is 1. The van der Waals surface area contributed by atoms with Gasteiger partial charge in [-0.2, -0.15) is 0 Å². The van der Waals surface area contributed by atoms with Gasteiger partial charge in [-0.3, -0.25) is 14.4 Å². The van der Waals surface area contributed by atoms with Gasteiger partial charge in [0, 0.05) is 19.1 Å². The SMILES string of the molecule is CC[C@H](C)CC(NC(=O)[C@@H]1CCC(=O)N1)ON(C(=O)CCc1ccccc1)[C@@H](CCS(C)(=O)=O)C(=O)O. The first kappa shape index (κ1) is 30.2. The van der Waals surface area contributed by atoms with Gasteiger partial charge >= 0.3 is 5.97 Å². The van der Waals surface area contributed by atoms with Crippen LogP contribution in [0.3, 0.4) is 0 Å². The molecule has 0 aliphatic carbocycles. The highest BCUT2D eigenvalue weighted by molar-refractivity contribution is 7.90. The first-order valence-electron chi connectivity index (χ1n) is 12.4. The number of aliphatic carboxylic acids is 1. The number of rotatable bonds is 15. The van der Waals surface area contributed by atoms with Crippen LogP contribution in [0, 0.1) is 5.92 Å². The van der Waals surface area contributed by atoms with Crippen molar-refractivity contribution in [3.05, 3.63) is 35.9 Å². The number of hydrogen-bond donors (Lipinski definition) is 3. The first-order chi connectivity index (χ1) is 17.4. The Morgan fingerprint density at radius 2 is 1.92 bits per heavy atom. The number of nitrogens with one attached hydrogen (secondary N) is 2. The van der Waals surface area contributed by atoms with Crippen LogP contribution in [-0.2, 0) is 40.3 Å². The van der Waals surface area contributed by atoms with Gasteiger partial charge in [0.1, 0.15) is 15.9 Å². The second kappa shape index (κ2) is 14.1. The number of nitrogens with zero attached hydrogens (tertiary/aromatic N) is 1. The van der Waals surface area contributed by atoms with E-state index >= 15 is 0 Å². The molecule has 1 saturated heterocycles. The van der Waals surface area contributed by atoms with Crippen LogP contribution in [0.1, 0.15) is 57.9 Å². The molecule has 1 aromatic carbocycles. The fraction of sp³-hybridized carbons (Fsp3) is 0.600. The van der Waals surface area contributed by atoms with E-state index in [-0.39, 0.29) is 37.5 Å². The molecule has 1 aromatic rings. The molecule has 1 aliphatic heterocycles. The molecule has 11 nitrogen and oxygen atoms in total. The van der Waals surface area contributed by atoms with Gasteiger partial charge in [-0.1, -0.05) is 50.6 Å². The minimum absolute atomic E-state index is 0.0454. The summed E-state index contributed by atoms with van der Waals surface area (Å²) in [6, 6.07) is 6.80. The molecule has 0 bridgehead atoms. The second-order valence-electron chi connectivity index (χ2n) is 9.49. The largest absolute Gasteiger partial charge is 0.480 e. The van der Waals surface area contributed by atoms with E-state index in [1.54, 1.807) is 0 Å². The Kier molecular flexibility index (Phi) is 11.5. The maximum atomic E-state index is 13.3. The van der Waals surface area contributed by atoms with Crippen molar-refractivity contribution in [1.29, 1.82) is 0 Å². The van der Waals surface area contributed by atoms with Gasteiger partial charge < -0.3 is 15.7 Å². The van der Waals surface area contributed by atoms with Crippen LogP contribution >= 0.6 is 0 Å². The Balaban J connectivity index is 2.29. The number of aryl methyl sites for hydroxylation is 1. The fourth-order valence-corrected chi connectivity index (χ4v) is 4.50. The van der Waals surface area contributed by atoms with Crippen molar-refractivity contribution in [2.45, 2.75) is 77.1 Å². The molecule has 1 fully saturated rings. The number of hydrogen-bond acceptors (Lipinski definition) is 7. The van der Waals surface area contributed by atoms with E-state index in [0.717, 1.165) is 18.2 Å². The topological polar surface area (TPSA) is 159 Å². The van der Waals surface area contributed by atoms with Crippen molar-refractivity contribution < 1.29 is 37.5 Å². The Hall–Kier alpha value is -2.99. The molecule has 1 heterocycles. The summed E-state index contributed by atoms with van der Waals surface area (Å²) >= 11 is 0. The van der Waals surface area contributed by atoms with Crippen molar-refractivity contribution in [1.82, 2.24) is 15.7 Å². The first-order valence-corrected chi connectivity index (χ1v) is 14.5. The van der Waals surface area contributed by atoms with Crippen molar-refractivity contribution >= 4 is 33.5 Å². The molecule has 0 spiro atoms. The number of carbonyl (C=O) groups is 4. The maximum absolute atomic E-state index is 13.3. The summed E-state index contributed by atoms with van der Waals surface area (Å²) in [4.78, 5) is 55.7. The highest BCUT2D eigenvalue weighted by Crippen LogP contribution is 2.19. The standard InChI is InChI=1S/C25H37N3O8S/c1-4-17(2)16-22(27-24(31)19-11-12-21(29)26-19)36-28(20(25(32)33)14-15-37(3,34)35)23(30)13-10-18-8-6-5-7-9-18/h5-9,17,19-20,22H,4,10-16H2,1-3H3,(H,26,29)(H,27,31)(H,32,33)/t17-,19-,20-,22?/m0/s1. The van der Waals surface area contributed by atoms with Crippen LogP contribution in [0.25, 0.3) is 0 Å². The highest BCUT2D eigenvalue weighted by atomic mass is 32.2. The zero-order valence-electron chi connectivity index (χ0n) is 21.5. The van der Waals surface area contributed by atoms with E-state index in [0.29, 0.717) is 17.9 Å². The summed E-state index contributed by atoms with van der Waals surface area (Å²) in [7, 11) is -3.52. The minimum atomic E-state index is -3.52. The molecule has 0 aromatic heterocycles.